The molecule has 0 spiro atoms. The Balaban J connectivity index is 1.14. The normalized spacial score (nSPS) is 18.9. The Bertz CT molecular complexity index is 1110. The summed E-state index contributed by atoms with van der Waals surface area (Å²) in [5.74, 6) is 2.10. The molecule has 3 aliphatic rings. The van der Waals surface area contributed by atoms with Crippen LogP contribution in [0.3, 0.4) is 0 Å². The summed E-state index contributed by atoms with van der Waals surface area (Å²) in [7, 11) is 5.58. The molecule has 3 aromatic carbocycles. The second-order valence-electron chi connectivity index (χ2n) is 12.0. The first-order valence-electron chi connectivity index (χ1n) is 15.6. The molecule has 0 amide bonds. The van der Waals surface area contributed by atoms with Gasteiger partial charge in [0.15, 0.2) is 0 Å². The molecule has 0 atom stereocenters. The van der Waals surface area contributed by atoms with Crippen molar-refractivity contribution in [3.05, 3.63) is 72.8 Å². The number of likely N-dealkylation sites (N-methyl/N-ethyl adjacent to an activating group) is 3. The standard InChI is InChI=1S/C33H45BN6O3/c1-35-16-22-38(23-17-35)28-4-10-31(11-5-28)41-34(42-32-12-6-29(7-13-32)39-24-18-36(2)19-25-39)43-33-14-8-30(9-15-33)40-26-20-37(3)21-27-40/h4-15H,16-27H2,1-3H3. The minimum atomic E-state index is -0.946. The quantitative estimate of drug-likeness (QED) is 0.352. The molecule has 6 rings (SSSR count). The van der Waals surface area contributed by atoms with E-state index < -0.39 is 7.32 Å². The Morgan fingerprint density at radius 1 is 0.372 bits per heavy atom. The maximum atomic E-state index is 6.30. The van der Waals surface area contributed by atoms with Crippen LogP contribution in [-0.2, 0) is 0 Å². The SMILES string of the molecule is CN1CCN(c2ccc(OB(Oc3ccc(N4CCN(C)CC4)cc3)Oc3ccc(N4CCN(C)CC4)cc3)cc2)CC1. The van der Waals surface area contributed by atoms with Crippen molar-refractivity contribution in [3.63, 3.8) is 0 Å². The van der Waals surface area contributed by atoms with E-state index in [1.807, 2.05) is 36.4 Å². The summed E-state index contributed by atoms with van der Waals surface area (Å²) in [6.45, 7) is 12.6. The van der Waals surface area contributed by atoms with Crippen LogP contribution < -0.4 is 28.7 Å². The van der Waals surface area contributed by atoms with E-state index >= 15 is 0 Å². The monoisotopic (exact) mass is 584 g/mol. The fraction of sp³-hybridized carbons (Fsp3) is 0.455. The Hall–Kier alpha value is -3.60. The molecule has 0 radical (unpaired) electrons. The second-order valence-corrected chi connectivity index (χ2v) is 12.0. The van der Waals surface area contributed by atoms with E-state index in [2.05, 4.69) is 86.9 Å². The summed E-state index contributed by atoms with van der Waals surface area (Å²) in [4.78, 5) is 14.3. The topological polar surface area (TPSA) is 47.1 Å². The number of hydrogen-bond acceptors (Lipinski definition) is 9. The van der Waals surface area contributed by atoms with Gasteiger partial charge < -0.3 is 43.4 Å². The van der Waals surface area contributed by atoms with E-state index in [9.17, 15) is 0 Å². The first kappa shape index (κ1) is 29.5. The molecule has 3 fully saturated rings. The van der Waals surface area contributed by atoms with E-state index in [4.69, 9.17) is 14.0 Å². The van der Waals surface area contributed by atoms with Gasteiger partial charge in [-0.1, -0.05) is 0 Å². The average molecular weight is 585 g/mol. The van der Waals surface area contributed by atoms with E-state index in [-0.39, 0.29) is 0 Å². The van der Waals surface area contributed by atoms with Gasteiger partial charge in [-0.2, -0.15) is 0 Å². The fourth-order valence-electron chi connectivity index (χ4n) is 5.81. The number of nitrogens with zero attached hydrogens (tertiary/aromatic N) is 6. The fourth-order valence-corrected chi connectivity index (χ4v) is 5.81. The molecule has 3 aliphatic heterocycles. The molecule has 0 aromatic heterocycles. The Morgan fingerprint density at radius 2 is 0.605 bits per heavy atom. The van der Waals surface area contributed by atoms with Crippen molar-refractivity contribution in [1.82, 2.24) is 14.7 Å². The third-order valence-electron chi connectivity index (χ3n) is 8.81. The van der Waals surface area contributed by atoms with Crippen LogP contribution in [0, 0.1) is 0 Å². The number of piperazine rings is 3. The van der Waals surface area contributed by atoms with E-state index in [1.54, 1.807) is 0 Å². The lowest BCUT2D eigenvalue weighted by Gasteiger charge is -2.34. The zero-order chi connectivity index (χ0) is 29.6. The van der Waals surface area contributed by atoms with Gasteiger partial charge in [0.1, 0.15) is 17.2 Å². The molecule has 9 nitrogen and oxygen atoms in total. The highest BCUT2D eigenvalue weighted by Crippen LogP contribution is 2.26. The second kappa shape index (κ2) is 13.8. The maximum Gasteiger partial charge on any atom is 0.864 e. The first-order valence-corrected chi connectivity index (χ1v) is 15.6. The first-order chi connectivity index (χ1) is 21.0. The lowest BCUT2D eigenvalue weighted by atomic mass is 10.1. The van der Waals surface area contributed by atoms with Crippen LogP contribution in [0.2, 0.25) is 0 Å². The Kier molecular flexibility index (Phi) is 9.46. The summed E-state index contributed by atoms with van der Waals surface area (Å²) < 4.78 is 18.9. The van der Waals surface area contributed by atoms with Crippen LogP contribution >= 0.6 is 0 Å². The number of benzene rings is 3. The van der Waals surface area contributed by atoms with Crippen molar-refractivity contribution in [1.29, 1.82) is 0 Å². The molecule has 3 aromatic rings. The summed E-state index contributed by atoms with van der Waals surface area (Å²) in [5, 5.41) is 0. The van der Waals surface area contributed by atoms with Crippen molar-refractivity contribution in [2.75, 3.05) is 114 Å². The maximum absolute atomic E-state index is 6.30. The Labute approximate surface area is 257 Å². The van der Waals surface area contributed by atoms with Gasteiger partial charge >= 0.3 is 7.32 Å². The van der Waals surface area contributed by atoms with Crippen LogP contribution in [0.1, 0.15) is 0 Å². The summed E-state index contributed by atoms with van der Waals surface area (Å²) >= 11 is 0. The van der Waals surface area contributed by atoms with Crippen molar-refractivity contribution >= 4 is 24.4 Å². The predicted molar refractivity (Wildman–Crippen MR) is 176 cm³/mol. The number of hydrogen-bond donors (Lipinski definition) is 0. The summed E-state index contributed by atoms with van der Waals surface area (Å²) in [6.07, 6.45) is 0. The molecule has 3 heterocycles. The third kappa shape index (κ3) is 7.87. The number of anilines is 3. The lowest BCUT2D eigenvalue weighted by Crippen LogP contribution is -2.44. The highest BCUT2D eigenvalue weighted by molar-refractivity contribution is 6.39. The molecule has 0 aliphatic carbocycles. The van der Waals surface area contributed by atoms with Crippen LogP contribution in [0.15, 0.2) is 72.8 Å². The molecule has 10 heteroatoms. The molecule has 3 saturated heterocycles. The van der Waals surface area contributed by atoms with Crippen LogP contribution in [0.4, 0.5) is 17.1 Å². The van der Waals surface area contributed by atoms with E-state index in [1.165, 1.54) is 17.1 Å². The van der Waals surface area contributed by atoms with Gasteiger partial charge in [0.2, 0.25) is 0 Å². The Morgan fingerprint density at radius 3 is 0.837 bits per heavy atom. The largest absolute Gasteiger partial charge is 0.864 e. The molecule has 43 heavy (non-hydrogen) atoms. The minimum absolute atomic E-state index is 0.700. The van der Waals surface area contributed by atoms with Gasteiger partial charge in [0.25, 0.3) is 0 Å². The molecule has 0 bridgehead atoms. The van der Waals surface area contributed by atoms with Crippen molar-refractivity contribution in [2.24, 2.45) is 0 Å². The highest BCUT2D eigenvalue weighted by Gasteiger charge is 2.31. The van der Waals surface area contributed by atoms with Gasteiger partial charge in [0, 0.05) is 95.6 Å². The van der Waals surface area contributed by atoms with Crippen molar-refractivity contribution < 1.29 is 14.0 Å². The van der Waals surface area contributed by atoms with E-state index in [0.717, 1.165) is 78.5 Å². The van der Waals surface area contributed by atoms with Crippen LogP contribution in [0.25, 0.3) is 0 Å². The number of rotatable bonds is 9. The summed E-state index contributed by atoms with van der Waals surface area (Å²) in [6, 6.07) is 24.7. The van der Waals surface area contributed by atoms with Crippen LogP contribution in [0.5, 0.6) is 17.2 Å². The summed E-state index contributed by atoms with van der Waals surface area (Å²) in [5.41, 5.74) is 3.62. The molecule has 0 N–H and O–H groups in total. The van der Waals surface area contributed by atoms with Crippen LogP contribution in [-0.4, -0.2) is 122 Å². The predicted octanol–water partition coefficient (Wildman–Crippen LogP) is 3.46. The minimum Gasteiger partial charge on any atom is -0.490 e. The molecule has 228 valence electrons. The molecule has 0 saturated carbocycles. The molecule has 0 unspecified atom stereocenters. The molecular formula is C33H45BN6O3. The average Bonchev–Trinajstić information content (AvgIpc) is 3.03. The van der Waals surface area contributed by atoms with Crippen molar-refractivity contribution in [2.45, 2.75) is 0 Å². The molecular weight excluding hydrogens is 539 g/mol. The van der Waals surface area contributed by atoms with Gasteiger partial charge in [-0.25, -0.2) is 0 Å². The van der Waals surface area contributed by atoms with Gasteiger partial charge in [-0.3, -0.25) is 0 Å². The van der Waals surface area contributed by atoms with Gasteiger partial charge in [-0.15, -0.1) is 0 Å². The third-order valence-corrected chi connectivity index (χ3v) is 8.81. The van der Waals surface area contributed by atoms with Crippen molar-refractivity contribution in [3.8, 4) is 17.2 Å². The van der Waals surface area contributed by atoms with E-state index in [0.29, 0.717) is 17.2 Å². The zero-order valence-electron chi connectivity index (χ0n) is 25.9. The van der Waals surface area contributed by atoms with Gasteiger partial charge in [0.05, 0.1) is 0 Å². The zero-order valence-corrected chi connectivity index (χ0v) is 25.9. The lowest BCUT2D eigenvalue weighted by molar-refractivity contribution is 0.306. The smallest absolute Gasteiger partial charge is 0.490 e. The highest BCUT2D eigenvalue weighted by atomic mass is 16.7. The van der Waals surface area contributed by atoms with Gasteiger partial charge in [-0.05, 0) is 93.9 Å².